The van der Waals surface area contributed by atoms with Crippen LogP contribution < -0.4 is 47.9 Å². The van der Waals surface area contributed by atoms with Gasteiger partial charge in [-0.05, 0) is 111 Å². The van der Waals surface area contributed by atoms with Crippen molar-refractivity contribution in [3.63, 3.8) is 0 Å². The SMILES string of the molecule is CCC1(OC(=O)[C@H](NC(=O)[C@@H](CC(N)=O)NC(=O)[C@@H](CC(C)C)NC(=O)CNC(=O)[C@H](CC(C)C)NC(=O)[C@H]2CCCN2C(=S)Nc2ccc(OC3O[C@H](C)[C@H](O)[C@H](OC)[C@@H]3O)cc2)C(C)C)C(=O)OCc2c1cc1n(c2=O)Cc2cc3ccccc3nc2-1. The summed E-state index contributed by atoms with van der Waals surface area (Å²) in [6.45, 7) is 13.3. The van der Waals surface area contributed by atoms with Crippen LogP contribution in [0.5, 0.6) is 5.75 Å². The number of aromatic nitrogens is 2. The fraction of sp³-hybridized carbons (Fsp3) is 0.532. The molecule has 4 aliphatic heterocycles. The Morgan fingerprint density at radius 2 is 1.54 bits per heavy atom. The lowest BCUT2D eigenvalue weighted by atomic mass is 9.85. The number of thiocarbonyl (C=S) groups is 1. The highest BCUT2D eigenvalue weighted by Crippen LogP contribution is 2.41. The maximum Gasteiger partial charge on any atom is 0.355 e. The number of primary amides is 1. The number of nitrogens with zero attached hydrogens (tertiary/aromatic N) is 3. The molecule has 480 valence electrons. The molecule has 0 radical (unpaired) electrons. The van der Waals surface area contributed by atoms with Gasteiger partial charge in [0.2, 0.25) is 47.3 Å². The molecule has 11 atom stereocenters. The van der Waals surface area contributed by atoms with Crippen molar-refractivity contribution < 1.29 is 72.3 Å². The average Bonchev–Trinajstić information content (AvgIpc) is 1.72. The van der Waals surface area contributed by atoms with Gasteiger partial charge in [-0.2, -0.15) is 0 Å². The number of rotatable bonds is 24. The van der Waals surface area contributed by atoms with E-state index in [4.69, 9.17) is 46.6 Å². The Bertz CT molecular complexity index is 3420. The van der Waals surface area contributed by atoms with Gasteiger partial charge in [0.15, 0.2) is 5.11 Å². The van der Waals surface area contributed by atoms with Crippen LogP contribution in [-0.4, -0.2) is 158 Å². The average molecular weight is 1250 g/mol. The summed E-state index contributed by atoms with van der Waals surface area (Å²) < 4.78 is 30.0. The number of pyridine rings is 2. The minimum Gasteiger partial charge on any atom is -0.462 e. The van der Waals surface area contributed by atoms with E-state index < -0.39 is 138 Å². The standard InChI is InChI=1S/C62H80N10O16S/c1-10-62(39-25-45-49-35(24-34-14-11-12-15-40(34)67-49)28-72(45)57(81)38(39)29-85-60(62)83)88-58(82)48(32(6)7)70-55(79)43(26-46(63)73)68-54(78)42(23-31(4)5)66-47(74)27-64-53(77)41(22-30(2)3)69-56(80)44-16-13-21-71(44)61(89)65-36-17-19-37(20-18-36)87-59-51(76)52(84-9)50(75)33(8)86-59/h11-12,14-15,17-20,24-25,30-33,41-44,48,50-52,59,75-76H,10,13,16,21-23,26-29H2,1-9H3,(H2,63,73)(H,64,77)(H,65,89)(H,66,74)(H,68,78)(H,69,80)(H,70,79)/t33-,41+,42-,43-,44-,48-,50+,51+,52+,59?,62?/m1/s1. The molecular formula is C62H80N10O16S. The number of aliphatic hydroxyl groups excluding tert-OH is 2. The predicted molar refractivity (Wildman–Crippen MR) is 327 cm³/mol. The van der Waals surface area contributed by atoms with Gasteiger partial charge in [0.1, 0.15) is 60.9 Å². The van der Waals surface area contributed by atoms with Crippen LogP contribution in [0, 0.1) is 17.8 Å². The fourth-order valence-corrected chi connectivity index (χ4v) is 11.9. The Hall–Kier alpha value is -8.11. The van der Waals surface area contributed by atoms with E-state index in [-0.39, 0.29) is 60.5 Å². The summed E-state index contributed by atoms with van der Waals surface area (Å²) in [5.74, 6) is -7.55. The number of hydrogen-bond acceptors (Lipinski definition) is 18. The number of benzene rings is 2. The van der Waals surface area contributed by atoms with Crippen molar-refractivity contribution in [3.05, 3.63) is 87.7 Å². The number of hydrogen-bond donors (Lipinski definition) is 9. The largest absolute Gasteiger partial charge is 0.462 e. The molecule has 6 amide bonds. The first kappa shape index (κ1) is 66.8. The highest BCUT2D eigenvalue weighted by molar-refractivity contribution is 7.80. The summed E-state index contributed by atoms with van der Waals surface area (Å²) in [7, 11) is 1.37. The highest BCUT2D eigenvalue weighted by Gasteiger charge is 2.52. The number of cyclic esters (lactones) is 1. The third-order valence-corrected chi connectivity index (χ3v) is 16.6. The molecule has 89 heavy (non-hydrogen) atoms. The quantitative estimate of drug-likeness (QED) is 0.0315. The van der Waals surface area contributed by atoms with Gasteiger partial charge in [-0.1, -0.05) is 66.7 Å². The van der Waals surface area contributed by atoms with Crippen LogP contribution in [0.3, 0.4) is 0 Å². The Labute approximate surface area is 520 Å². The second-order valence-corrected chi connectivity index (χ2v) is 24.5. The summed E-state index contributed by atoms with van der Waals surface area (Å²) in [6, 6.07) is 11.3. The van der Waals surface area contributed by atoms with Crippen molar-refractivity contribution in [1.82, 2.24) is 41.0 Å². The molecule has 27 heteroatoms. The minimum atomic E-state index is -2.14. The third-order valence-electron chi connectivity index (χ3n) is 16.3. The number of nitrogens with two attached hydrogens (primary N) is 1. The molecule has 10 N–H and O–H groups in total. The van der Waals surface area contributed by atoms with Gasteiger partial charge in [0.25, 0.3) is 5.56 Å². The molecule has 2 aromatic carbocycles. The number of esters is 2. The molecule has 0 spiro atoms. The van der Waals surface area contributed by atoms with E-state index in [1.807, 2.05) is 44.2 Å². The van der Waals surface area contributed by atoms with Gasteiger partial charge >= 0.3 is 11.9 Å². The summed E-state index contributed by atoms with van der Waals surface area (Å²) in [5, 5.41) is 38.3. The zero-order chi connectivity index (χ0) is 64.8. The lowest BCUT2D eigenvalue weighted by Gasteiger charge is -2.40. The molecule has 26 nitrogen and oxygen atoms in total. The van der Waals surface area contributed by atoms with Gasteiger partial charge < -0.3 is 81.0 Å². The molecule has 0 bridgehead atoms. The van der Waals surface area contributed by atoms with Gasteiger partial charge in [-0.25, -0.2) is 14.6 Å². The summed E-state index contributed by atoms with van der Waals surface area (Å²) in [5.41, 5.74) is 6.18. The van der Waals surface area contributed by atoms with Crippen LogP contribution in [0.25, 0.3) is 22.3 Å². The maximum atomic E-state index is 14.4. The first-order chi connectivity index (χ1) is 42.2. The molecule has 2 fully saturated rings. The van der Waals surface area contributed by atoms with Crippen LogP contribution in [0.15, 0.2) is 65.5 Å². The maximum absolute atomic E-state index is 14.4. The number of anilines is 1. The van der Waals surface area contributed by atoms with Crippen molar-refractivity contribution in [2.24, 2.45) is 23.5 Å². The molecule has 0 aliphatic carbocycles. The van der Waals surface area contributed by atoms with E-state index >= 15 is 0 Å². The Morgan fingerprint density at radius 3 is 2.19 bits per heavy atom. The van der Waals surface area contributed by atoms with E-state index in [0.717, 1.165) is 10.9 Å². The number of nitrogens with one attached hydrogen (secondary N) is 6. The van der Waals surface area contributed by atoms with Crippen molar-refractivity contribution in [2.75, 3.05) is 25.5 Å². The number of aliphatic hydroxyl groups is 2. The van der Waals surface area contributed by atoms with Gasteiger partial charge in [0.05, 0.1) is 48.1 Å². The molecule has 2 unspecified atom stereocenters. The first-order valence-corrected chi connectivity index (χ1v) is 30.4. The van der Waals surface area contributed by atoms with E-state index in [2.05, 4.69) is 31.9 Å². The number of para-hydroxylation sites is 1. The van der Waals surface area contributed by atoms with E-state index in [1.54, 1.807) is 76.8 Å². The summed E-state index contributed by atoms with van der Waals surface area (Å²) >= 11 is 5.75. The van der Waals surface area contributed by atoms with Crippen LogP contribution in [0.2, 0.25) is 0 Å². The molecule has 0 saturated carbocycles. The van der Waals surface area contributed by atoms with Crippen molar-refractivity contribution in [2.45, 2.75) is 174 Å². The molecule has 6 heterocycles. The van der Waals surface area contributed by atoms with Crippen LogP contribution >= 0.6 is 12.2 Å². The smallest absolute Gasteiger partial charge is 0.355 e. The number of carbonyl (C=O) groups excluding carboxylic acids is 8. The van der Waals surface area contributed by atoms with Crippen LogP contribution in [0.4, 0.5) is 5.69 Å². The Balaban J connectivity index is 0.877. The van der Waals surface area contributed by atoms with E-state index in [9.17, 15) is 53.4 Å². The Morgan fingerprint density at radius 1 is 0.865 bits per heavy atom. The fourth-order valence-electron chi connectivity index (χ4n) is 11.6. The van der Waals surface area contributed by atoms with Gasteiger partial charge in [-0.15, -0.1) is 0 Å². The van der Waals surface area contributed by atoms with E-state index in [0.29, 0.717) is 47.7 Å². The lowest BCUT2D eigenvalue weighted by molar-refractivity contribution is -0.272. The van der Waals surface area contributed by atoms with Crippen LogP contribution in [-0.2, 0) is 76.1 Å². The van der Waals surface area contributed by atoms with Crippen molar-refractivity contribution in [1.29, 1.82) is 0 Å². The van der Waals surface area contributed by atoms with Crippen molar-refractivity contribution >= 4 is 81.3 Å². The topological polar surface area (TPSA) is 360 Å². The zero-order valence-electron chi connectivity index (χ0n) is 51.3. The molecule has 4 aromatic rings. The monoisotopic (exact) mass is 1250 g/mol. The zero-order valence-corrected chi connectivity index (χ0v) is 52.1. The molecule has 2 saturated heterocycles. The number of fused-ring (bicyclic) bond motifs is 5. The normalized spacial score (nSPS) is 22.4. The predicted octanol–water partition coefficient (Wildman–Crippen LogP) is 2.03. The number of carbonyl (C=O) groups is 8. The number of likely N-dealkylation sites (tertiary alicyclic amines) is 1. The summed E-state index contributed by atoms with van der Waals surface area (Å²) in [6.07, 6.45) is -4.64. The first-order valence-electron chi connectivity index (χ1n) is 29.9. The molecule has 4 aliphatic rings. The lowest BCUT2D eigenvalue weighted by Crippen LogP contribution is -2.59. The number of amides is 6. The molecule has 8 rings (SSSR count). The van der Waals surface area contributed by atoms with Crippen LogP contribution in [0.1, 0.15) is 111 Å². The second kappa shape index (κ2) is 28.6. The number of methoxy groups -OCH3 is 1. The van der Waals surface area contributed by atoms with Crippen molar-refractivity contribution in [3.8, 4) is 17.1 Å². The summed E-state index contributed by atoms with van der Waals surface area (Å²) in [4.78, 5) is 131. The third kappa shape index (κ3) is 15.1. The minimum absolute atomic E-state index is 0.0296. The Kier molecular flexibility index (Phi) is 21.5. The second-order valence-electron chi connectivity index (χ2n) is 24.1. The van der Waals surface area contributed by atoms with Gasteiger partial charge in [0, 0.05) is 35.9 Å². The van der Waals surface area contributed by atoms with E-state index in [1.165, 1.54) is 11.7 Å². The molecular weight excluding hydrogens is 1170 g/mol. The van der Waals surface area contributed by atoms with Gasteiger partial charge in [-0.3, -0.25) is 33.6 Å². The number of ether oxygens (including phenoxy) is 5. The molecule has 2 aromatic heterocycles. The highest BCUT2D eigenvalue weighted by atomic mass is 32.1.